The molecule has 1 heterocycles. The van der Waals surface area contributed by atoms with Gasteiger partial charge < -0.3 is 15.2 Å². The van der Waals surface area contributed by atoms with Crippen LogP contribution < -0.4 is 15.2 Å². The second kappa shape index (κ2) is 5.36. The van der Waals surface area contributed by atoms with Gasteiger partial charge in [-0.05, 0) is 46.8 Å². The van der Waals surface area contributed by atoms with Crippen molar-refractivity contribution in [3.8, 4) is 22.8 Å². The molecule has 0 spiro atoms. The first-order chi connectivity index (χ1) is 9.67. The molecule has 1 aliphatic carbocycles. The van der Waals surface area contributed by atoms with Crippen molar-refractivity contribution in [2.75, 3.05) is 19.5 Å². The SMILES string of the molecule is COc1cc(-c2cc(N)n[nH]2)c(Br)cc1OCC1CC1. The van der Waals surface area contributed by atoms with Gasteiger partial charge in [0, 0.05) is 16.1 Å². The molecular formula is C14H16BrN3O2. The normalized spacial score (nSPS) is 14.3. The summed E-state index contributed by atoms with van der Waals surface area (Å²) >= 11 is 3.55. The van der Waals surface area contributed by atoms with E-state index in [0.29, 0.717) is 17.5 Å². The molecule has 5 nitrogen and oxygen atoms in total. The molecule has 1 aromatic carbocycles. The number of benzene rings is 1. The van der Waals surface area contributed by atoms with Crippen LogP contribution >= 0.6 is 15.9 Å². The molecule has 0 amide bonds. The Hall–Kier alpha value is -1.69. The molecule has 1 fully saturated rings. The largest absolute Gasteiger partial charge is 0.493 e. The number of ether oxygens (including phenoxy) is 2. The average Bonchev–Trinajstić information content (AvgIpc) is 3.17. The second-order valence-corrected chi connectivity index (χ2v) is 5.80. The fourth-order valence-corrected chi connectivity index (χ4v) is 2.52. The molecule has 0 radical (unpaired) electrons. The number of nitrogen functional groups attached to an aromatic ring is 1. The monoisotopic (exact) mass is 337 g/mol. The zero-order valence-corrected chi connectivity index (χ0v) is 12.7. The van der Waals surface area contributed by atoms with Crippen LogP contribution in [0, 0.1) is 5.92 Å². The molecule has 0 unspecified atom stereocenters. The van der Waals surface area contributed by atoms with Crippen molar-refractivity contribution in [3.63, 3.8) is 0 Å². The molecule has 0 aliphatic heterocycles. The van der Waals surface area contributed by atoms with Crippen LogP contribution in [0.4, 0.5) is 5.82 Å². The molecule has 3 N–H and O–H groups in total. The Morgan fingerprint density at radius 2 is 2.15 bits per heavy atom. The molecule has 3 rings (SSSR count). The van der Waals surface area contributed by atoms with E-state index in [1.165, 1.54) is 12.8 Å². The van der Waals surface area contributed by atoms with Gasteiger partial charge in [-0.2, -0.15) is 5.10 Å². The number of halogens is 1. The third kappa shape index (κ3) is 2.75. The molecule has 1 aromatic heterocycles. The van der Waals surface area contributed by atoms with Gasteiger partial charge in [0.05, 0.1) is 19.4 Å². The van der Waals surface area contributed by atoms with Crippen LogP contribution in [-0.4, -0.2) is 23.9 Å². The smallest absolute Gasteiger partial charge is 0.162 e. The summed E-state index contributed by atoms with van der Waals surface area (Å²) in [5.74, 6) is 2.62. The van der Waals surface area contributed by atoms with Crippen LogP contribution in [0.3, 0.4) is 0 Å². The lowest BCUT2D eigenvalue weighted by atomic mass is 10.1. The number of methoxy groups -OCH3 is 1. The lowest BCUT2D eigenvalue weighted by Crippen LogP contribution is -2.01. The van der Waals surface area contributed by atoms with Crippen LogP contribution in [0.5, 0.6) is 11.5 Å². The quantitative estimate of drug-likeness (QED) is 0.878. The number of nitrogens with zero attached hydrogens (tertiary/aromatic N) is 1. The topological polar surface area (TPSA) is 73.2 Å². The summed E-state index contributed by atoms with van der Waals surface area (Å²) < 4.78 is 12.1. The molecule has 2 aromatic rings. The summed E-state index contributed by atoms with van der Waals surface area (Å²) in [5.41, 5.74) is 7.41. The van der Waals surface area contributed by atoms with Crippen molar-refractivity contribution < 1.29 is 9.47 Å². The summed E-state index contributed by atoms with van der Waals surface area (Å²) in [7, 11) is 1.64. The number of hydrogen-bond acceptors (Lipinski definition) is 4. The Labute approximate surface area is 125 Å². The number of aromatic amines is 1. The van der Waals surface area contributed by atoms with Gasteiger partial charge in [0.2, 0.25) is 0 Å². The first-order valence-corrected chi connectivity index (χ1v) is 7.28. The van der Waals surface area contributed by atoms with Crippen LogP contribution in [0.15, 0.2) is 22.7 Å². The van der Waals surface area contributed by atoms with Gasteiger partial charge in [0.1, 0.15) is 5.82 Å². The van der Waals surface area contributed by atoms with Gasteiger partial charge >= 0.3 is 0 Å². The third-order valence-corrected chi connectivity index (χ3v) is 3.97. The van der Waals surface area contributed by atoms with E-state index in [2.05, 4.69) is 26.1 Å². The predicted molar refractivity (Wildman–Crippen MR) is 80.9 cm³/mol. The van der Waals surface area contributed by atoms with Crippen LogP contribution in [-0.2, 0) is 0 Å². The van der Waals surface area contributed by atoms with E-state index >= 15 is 0 Å². The maximum Gasteiger partial charge on any atom is 0.162 e. The Bertz CT molecular complexity index is 623. The summed E-state index contributed by atoms with van der Waals surface area (Å²) in [4.78, 5) is 0. The van der Waals surface area contributed by atoms with Gasteiger partial charge in [0.25, 0.3) is 0 Å². The summed E-state index contributed by atoms with van der Waals surface area (Å²) in [6, 6.07) is 5.62. The standard InChI is InChI=1S/C14H16BrN3O2/c1-19-12-4-9(11-6-14(16)18-17-11)10(15)5-13(12)20-7-8-2-3-8/h4-6,8H,2-3,7H2,1H3,(H3,16,17,18). The lowest BCUT2D eigenvalue weighted by molar-refractivity contribution is 0.280. The van der Waals surface area contributed by atoms with E-state index in [1.54, 1.807) is 13.2 Å². The highest BCUT2D eigenvalue weighted by molar-refractivity contribution is 9.10. The van der Waals surface area contributed by atoms with Crippen molar-refractivity contribution in [3.05, 3.63) is 22.7 Å². The maximum atomic E-state index is 5.82. The molecule has 0 atom stereocenters. The maximum absolute atomic E-state index is 5.82. The summed E-state index contributed by atoms with van der Waals surface area (Å²) in [5, 5.41) is 6.83. The molecule has 6 heteroatoms. The fraction of sp³-hybridized carbons (Fsp3) is 0.357. The highest BCUT2D eigenvalue weighted by Crippen LogP contribution is 2.39. The van der Waals surface area contributed by atoms with Crippen molar-refractivity contribution in [1.82, 2.24) is 10.2 Å². The van der Waals surface area contributed by atoms with E-state index in [9.17, 15) is 0 Å². The number of H-pyrrole nitrogens is 1. The van der Waals surface area contributed by atoms with E-state index in [0.717, 1.165) is 28.1 Å². The first kappa shape index (κ1) is 13.3. The number of anilines is 1. The number of aromatic nitrogens is 2. The highest BCUT2D eigenvalue weighted by Gasteiger charge is 2.23. The lowest BCUT2D eigenvalue weighted by Gasteiger charge is -2.13. The zero-order chi connectivity index (χ0) is 14.1. The van der Waals surface area contributed by atoms with Gasteiger partial charge in [-0.1, -0.05) is 0 Å². The molecular weight excluding hydrogens is 322 g/mol. The number of nitrogens with one attached hydrogen (secondary N) is 1. The van der Waals surface area contributed by atoms with Crippen LogP contribution in [0.2, 0.25) is 0 Å². The Morgan fingerprint density at radius 3 is 2.75 bits per heavy atom. The van der Waals surface area contributed by atoms with Crippen molar-refractivity contribution in [2.45, 2.75) is 12.8 Å². The van der Waals surface area contributed by atoms with Gasteiger partial charge in [-0.25, -0.2) is 0 Å². The minimum atomic E-state index is 0.458. The van der Waals surface area contributed by atoms with E-state index in [-0.39, 0.29) is 0 Å². The van der Waals surface area contributed by atoms with Gasteiger partial charge in [-0.3, -0.25) is 5.10 Å². The highest BCUT2D eigenvalue weighted by atomic mass is 79.9. The van der Waals surface area contributed by atoms with E-state index in [4.69, 9.17) is 15.2 Å². The summed E-state index contributed by atoms with van der Waals surface area (Å²) in [6.07, 6.45) is 2.52. The van der Waals surface area contributed by atoms with E-state index in [1.807, 2.05) is 12.1 Å². The van der Waals surface area contributed by atoms with Gasteiger partial charge in [0.15, 0.2) is 11.5 Å². The van der Waals surface area contributed by atoms with Crippen LogP contribution in [0.25, 0.3) is 11.3 Å². The number of nitrogens with two attached hydrogens (primary N) is 1. The molecule has 20 heavy (non-hydrogen) atoms. The number of hydrogen-bond donors (Lipinski definition) is 2. The van der Waals surface area contributed by atoms with Crippen molar-refractivity contribution in [2.24, 2.45) is 5.92 Å². The van der Waals surface area contributed by atoms with Gasteiger partial charge in [-0.15, -0.1) is 0 Å². The Balaban J connectivity index is 1.91. The first-order valence-electron chi connectivity index (χ1n) is 6.49. The van der Waals surface area contributed by atoms with E-state index < -0.39 is 0 Å². The molecule has 0 bridgehead atoms. The minimum absolute atomic E-state index is 0.458. The fourth-order valence-electron chi connectivity index (χ4n) is 1.98. The third-order valence-electron chi connectivity index (χ3n) is 3.31. The summed E-state index contributed by atoms with van der Waals surface area (Å²) in [6.45, 7) is 0.749. The molecule has 106 valence electrons. The van der Waals surface area contributed by atoms with Crippen molar-refractivity contribution >= 4 is 21.7 Å². The number of rotatable bonds is 5. The second-order valence-electron chi connectivity index (χ2n) is 4.94. The Kier molecular flexibility index (Phi) is 3.56. The Morgan fingerprint density at radius 1 is 1.35 bits per heavy atom. The average molecular weight is 338 g/mol. The molecule has 1 aliphatic rings. The van der Waals surface area contributed by atoms with Crippen LogP contribution in [0.1, 0.15) is 12.8 Å². The zero-order valence-electron chi connectivity index (χ0n) is 11.1. The van der Waals surface area contributed by atoms with Crippen molar-refractivity contribution in [1.29, 1.82) is 0 Å². The molecule has 0 saturated heterocycles. The predicted octanol–water partition coefficient (Wildman–Crippen LogP) is 3.22. The minimum Gasteiger partial charge on any atom is -0.493 e. The molecule has 1 saturated carbocycles.